The van der Waals surface area contributed by atoms with E-state index in [0.29, 0.717) is 13.1 Å². The van der Waals surface area contributed by atoms with Crippen LogP contribution in [0.3, 0.4) is 0 Å². The average molecular weight is 337 g/mol. The van der Waals surface area contributed by atoms with E-state index >= 15 is 0 Å². The van der Waals surface area contributed by atoms with Crippen LogP contribution in [0.25, 0.3) is 0 Å². The second kappa shape index (κ2) is 8.19. The Morgan fingerprint density at radius 2 is 1.83 bits per heavy atom. The summed E-state index contributed by atoms with van der Waals surface area (Å²) in [5.74, 6) is 0.0318. The highest BCUT2D eigenvalue weighted by Gasteiger charge is 2.33. The number of nitrogens with two attached hydrogens (primary N) is 1. The Morgan fingerprint density at radius 1 is 1.08 bits per heavy atom. The van der Waals surface area contributed by atoms with Crippen LogP contribution >= 0.6 is 0 Å². The topological polar surface area (TPSA) is 75.3 Å². The van der Waals surface area contributed by atoms with E-state index in [1.54, 1.807) is 0 Å². The van der Waals surface area contributed by atoms with Crippen molar-refractivity contribution in [2.75, 3.05) is 18.4 Å². The van der Waals surface area contributed by atoms with E-state index in [2.05, 4.69) is 20.6 Å². The molecule has 0 aliphatic rings. The second-order valence-corrected chi connectivity index (χ2v) is 4.94. The van der Waals surface area contributed by atoms with Crippen molar-refractivity contribution in [2.24, 2.45) is 10.7 Å². The molecule has 0 saturated heterocycles. The molecule has 0 bridgehead atoms. The van der Waals surface area contributed by atoms with Gasteiger partial charge in [0.15, 0.2) is 5.96 Å². The van der Waals surface area contributed by atoms with Gasteiger partial charge in [0.2, 0.25) is 0 Å². The maximum absolute atomic E-state index is 12.8. The number of nitrogens with one attached hydrogen (secondary N) is 2. The molecule has 4 N–H and O–H groups in total. The van der Waals surface area contributed by atoms with Gasteiger partial charge in [-0.2, -0.15) is 13.2 Å². The van der Waals surface area contributed by atoms with Gasteiger partial charge >= 0.3 is 6.18 Å². The number of hydrogen-bond donors (Lipinski definition) is 3. The Morgan fingerprint density at radius 3 is 2.54 bits per heavy atom. The molecule has 2 rings (SSSR count). The van der Waals surface area contributed by atoms with Gasteiger partial charge in [0.25, 0.3) is 0 Å². The summed E-state index contributed by atoms with van der Waals surface area (Å²) in [6.45, 7) is 0.977. The van der Waals surface area contributed by atoms with Crippen LogP contribution in [0.5, 0.6) is 0 Å². The maximum atomic E-state index is 12.8. The molecule has 8 heteroatoms. The number of hydrogen-bond acceptors (Lipinski definition) is 3. The monoisotopic (exact) mass is 337 g/mol. The summed E-state index contributed by atoms with van der Waals surface area (Å²) in [6.07, 6.45) is -3.14. The van der Waals surface area contributed by atoms with Gasteiger partial charge in [-0.1, -0.05) is 30.3 Å². The first-order chi connectivity index (χ1) is 11.5. The van der Waals surface area contributed by atoms with Crippen molar-refractivity contribution in [1.29, 1.82) is 0 Å². The lowest BCUT2D eigenvalue weighted by atomic mass is 10.2. The van der Waals surface area contributed by atoms with E-state index < -0.39 is 11.7 Å². The van der Waals surface area contributed by atoms with E-state index in [1.165, 1.54) is 12.3 Å². The Hall–Kier alpha value is -2.77. The van der Waals surface area contributed by atoms with Crippen LogP contribution in [0.15, 0.2) is 53.7 Å². The number of aromatic nitrogens is 1. The predicted molar refractivity (Wildman–Crippen MR) is 87.5 cm³/mol. The Balaban J connectivity index is 1.79. The van der Waals surface area contributed by atoms with Gasteiger partial charge in [0.05, 0.1) is 12.1 Å². The van der Waals surface area contributed by atoms with Gasteiger partial charge in [0, 0.05) is 19.3 Å². The molecule has 24 heavy (non-hydrogen) atoms. The molecule has 0 aliphatic carbocycles. The van der Waals surface area contributed by atoms with Gasteiger partial charge < -0.3 is 16.4 Å². The number of pyridine rings is 1. The summed E-state index contributed by atoms with van der Waals surface area (Å²) in [6, 6.07) is 11.8. The second-order valence-electron chi connectivity index (χ2n) is 4.94. The zero-order chi connectivity index (χ0) is 17.4. The van der Waals surface area contributed by atoms with Crippen molar-refractivity contribution in [2.45, 2.75) is 12.7 Å². The molecule has 0 spiro atoms. The number of alkyl halides is 3. The zero-order valence-electron chi connectivity index (χ0n) is 12.8. The van der Waals surface area contributed by atoms with Gasteiger partial charge in [-0.3, -0.25) is 0 Å². The number of anilines is 1. The molecule has 1 heterocycles. The fourth-order valence-corrected chi connectivity index (χ4v) is 1.96. The quantitative estimate of drug-likeness (QED) is 0.430. The van der Waals surface area contributed by atoms with Crippen molar-refractivity contribution < 1.29 is 13.2 Å². The molecule has 2 aromatic rings. The van der Waals surface area contributed by atoms with Crippen molar-refractivity contribution in [3.8, 4) is 0 Å². The van der Waals surface area contributed by atoms with Crippen LogP contribution < -0.4 is 16.4 Å². The first kappa shape index (κ1) is 17.6. The molecule has 0 aliphatic heterocycles. The largest absolute Gasteiger partial charge is 0.419 e. The molecule has 0 amide bonds. The van der Waals surface area contributed by atoms with Crippen LogP contribution in [-0.2, 0) is 12.7 Å². The van der Waals surface area contributed by atoms with E-state index in [4.69, 9.17) is 5.73 Å². The number of aliphatic imine (C=N–C) groups is 1. The first-order valence-corrected chi connectivity index (χ1v) is 7.30. The van der Waals surface area contributed by atoms with Crippen molar-refractivity contribution in [3.63, 3.8) is 0 Å². The minimum atomic E-state index is -4.44. The number of rotatable bonds is 6. The third-order valence-corrected chi connectivity index (χ3v) is 3.11. The van der Waals surface area contributed by atoms with Gasteiger partial charge in [-0.25, -0.2) is 9.98 Å². The minimum Gasteiger partial charge on any atom is -0.370 e. The number of nitrogens with zero attached hydrogens (tertiary/aromatic N) is 2. The highest BCUT2D eigenvalue weighted by Crippen LogP contribution is 2.33. The molecule has 0 atom stereocenters. The standard InChI is InChI=1S/C16H18F3N5/c17-16(18,19)13-7-4-8-21-14(13)22-9-10-23-15(20)24-11-12-5-2-1-3-6-12/h1-8H,9-11H2,(H,21,22)(H3,20,23,24). The molecule has 0 radical (unpaired) electrons. The normalized spacial score (nSPS) is 12.0. The molecular formula is C16H18F3N5. The van der Waals surface area contributed by atoms with E-state index in [9.17, 15) is 13.2 Å². The molecule has 0 fully saturated rings. The molecular weight excluding hydrogens is 319 g/mol. The lowest BCUT2D eigenvalue weighted by Crippen LogP contribution is -2.35. The van der Waals surface area contributed by atoms with Crippen molar-refractivity contribution in [1.82, 2.24) is 10.3 Å². The summed E-state index contributed by atoms with van der Waals surface area (Å²) >= 11 is 0. The zero-order valence-corrected chi connectivity index (χ0v) is 12.8. The Kier molecular flexibility index (Phi) is 6.00. The predicted octanol–water partition coefficient (Wildman–Crippen LogP) is 2.62. The SMILES string of the molecule is NC(=NCc1ccccc1)NCCNc1ncccc1C(F)(F)F. The van der Waals surface area contributed by atoms with E-state index in [1.807, 2.05) is 30.3 Å². The summed E-state index contributed by atoms with van der Waals surface area (Å²) < 4.78 is 38.4. The fourth-order valence-electron chi connectivity index (χ4n) is 1.96. The summed E-state index contributed by atoms with van der Waals surface area (Å²) in [5, 5.41) is 5.48. The summed E-state index contributed by atoms with van der Waals surface area (Å²) in [5.41, 5.74) is 5.94. The third kappa shape index (κ3) is 5.45. The highest BCUT2D eigenvalue weighted by atomic mass is 19.4. The summed E-state index contributed by atoms with van der Waals surface area (Å²) in [4.78, 5) is 7.87. The molecule has 0 saturated carbocycles. The summed E-state index contributed by atoms with van der Waals surface area (Å²) in [7, 11) is 0. The van der Waals surface area contributed by atoms with Gasteiger partial charge in [-0.15, -0.1) is 0 Å². The van der Waals surface area contributed by atoms with Crippen LogP contribution in [0.1, 0.15) is 11.1 Å². The third-order valence-electron chi connectivity index (χ3n) is 3.11. The average Bonchev–Trinajstić information content (AvgIpc) is 2.57. The van der Waals surface area contributed by atoms with Crippen LogP contribution in [0.2, 0.25) is 0 Å². The molecule has 1 aromatic heterocycles. The number of guanidine groups is 1. The maximum Gasteiger partial charge on any atom is 0.419 e. The molecule has 128 valence electrons. The van der Waals surface area contributed by atoms with Crippen LogP contribution in [0, 0.1) is 0 Å². The fraction of sp³-hybridized carbons (Fsp3) is 0.250. The smallest absolute Gasteiger partial charge is 0.370 e. The Bertz CT molecular complexity index is 671. The Labute approximate surface area is 137 Å². The first-order valence-electron chi connectivity index (χ1n) is 7.30. The van der Waals surface area contributed by atoms with Gasteiger partial charge in [0.1, 0.15) is 5.82 Å². The highest BCUT2D eigenvalue weighted by molar-refractivity contribution is 5.77. The molecule has 5 nitrogen and oxygen atoms in total. The van der Waals surface area contributed by atoms with Crippen molar-refractivity contribution >= 4 is 11.8 Å². The lowest BCUT2D eigenvalue weighted by Gasteiger charge is -2.13. The minimum absolute atomic E-state index is 0.202. The van der Waals surface area contributed by atoms with Crippen molar-refractivity contribution in [3.05, 3.63) is 59.8 Å². The van der Waals surface area contributed by atoms with Gasteiger partial charge in [-0.05, 0) is 17.7 Å². The van der Waals surface area contributed by atoms with Crippen LogP contribution in [0.4, 0.5) is 19.0 Å². The number of benzene rings is 1. The van der Waals surface area contributed by atoms with E-state index in [-0.39, 0.29) is 18.3 Å². The molecule has 0 unspecified atom stereocenters. The molecule has 1 aromatic carbocycles. The van der Waals surface area contributed by atoms with Crippen LogP contribution in [-0.4, -0.2) is 24.0 Å². The number of halogens is 3. The van der Waals surface area contributed by atoms with E-state index in [0.717, 1.165) is 11.6 Å². The lowest BCUT2D eigenvalue weighted by molar-refractivity contribution is -0.137.